The summed E-state index contributed by atoms with van der Waals surface area (Å²) in [6.07, 6.45) is 0. The van der Waals surface area contributed by atoms with Gasteiger partial charge in [0, 0.05) is 17.1 Å². The second kappa shape index (κ2) is 6.35. The molecule has 0 spiro atoms. The molecule has 5 nitrogen and oxygen atoms in total. The highest BCUT2D eigenvalue weighted by Gasteiger charge is 2.34. The summed E-state index contributed by atoms with van der Waals surface area (Å²) in [6.45, 7) is 4.18. The van der Waals surface area contributed by atoms with Crippen LogP contribution in [0.3, 0.4) is 0 Å². The van der Waals surface area contributed by atoms with Gasteiger partial charge in [0.25, 0.3) is 0 Å². The van der Waals surface area contributed by atoms with E-state index in [1.54, 1.807) is 25.3 Å². The summed E-state index contributed by atoms with van der Waals surface area (Å²) in [6, 6.07) is 4.76. The Morgan fingerprint density at radius 1 is 1.43 bits per heavy atom. The fourth-order valence-electron chi connectivity index (χ4n) is 2.39. The molecule has 0 saturated carbocycles. The highest BCUT2D eigenvalue weighted by molar-refractivity contribution is 6.30. The fraction of sp³-hybridized carbons (Fsp3) is 0.467. The smallest absolute Gasteiger partial charge is 0.246 e. The second-order valence-electron chi connectivity index (χ2n) is 5.44. The molecular formula is C15H19ClN2O3. The lowest BCUT2D eigenvalue weighted by atomic mass is 10.0. The van der Waals surface area contributed by atoms with Crippen LogP contribution in [0.4, 0.5) is 0 Å². The number of piperazine rings is 1. The van der Waals surface area contributed by atoms with Gasteiger partial charge in [-0.05, 0) is 24.1 Å². The van der Waals surface area contributed by atoms with Crippen LogP contribution in [0.5, 0.6) is 5.75 Å². The van der Waals surface area contributed by atoms with Crippen LogP contribution in [0.1, 0.15) is 19.4 Å². The predicted octanol–water partition coefficient (Wildman–Crippen LogP) is 1.83. The van der Waals surface area contributed by atoms with Gasteiger partial charge in [0.1, 0.15) is 11.8 Å². The number of ether oxygens (including phenoxy) is 1. The minimum Gasteiger partial charge on any atom is -0.496 e. The number of hydrogen-bond acceptors (Lipinski definition) is 3. The molecule has 1 fully saturated rings. The SMILES string of the molecule is COc1ccc(Cl)cc1CN1CC(=O)NC(C(C)C)C1=O. The summed E-state index contributed by atoms with van der Waals surface area (Å²) in [5, 5.41) is 3.30. The Morgan fingerprint density at radius 2 is 2.14 bits per heavy atom. The van der Waals surface area contributed by atoms with E-state index in [0.717, 1.165) is 5.56 Å². The molecule has 0 aliphatic carbocycles. The molecule has 1 unspecified atom stereocenters. The highest BCUT2D eigenvalue weighted by atomic mass is 35.5. The lowest BCUT2D eigenvalue weighted by Crippen LogP contribution is -2.59. The summed E-state index contributed by atoms with van der Waals surface area (Å²) < 4.78 is 5.28. The van der Waals surface area contributed by atoms with E-state index in [0.29, 0.717) is 17.3 Å². The van der Waals surface area contributed by atoms with Crippen molar-refractivity contribution in [2.45, 2.75) is 26.4 Å². The zero-order valence-electron chi connectivity index (χ0n) is 12.4. The molecule has 114 valence electrons. The van der Waals surface area contributed by atoms with Crippen molar-refractivity contribution in [3.8, 4) is 5.75 Å². The van der Waals surface area contributed by atoms with E-state index >= 15 is 0 Å². The van der Waals surface area contributed by atoms with E-state index in [1.807, 2.05) is 13.8 Å². The molecule has 0 aromatic heterocycles. The van der Waals surface area contributed by atoms with Gasteiger partial charge in [0.2, 0.25) is 11.8 Å². The van der Waals surface area contributed by atoms with E-state index in [1.165, 1.54) is 4.90 Å². The Balaban J connectivity index is 2.23. The number of amides is 2. The third-order valence-electron chi connectivity index (χ3n) is 3.50. The number of nitrogens with one attached hydrogen (secondary N) is 1. The number of rotatable bonds is 4. The largest absolute Gasteiger partial charge is 0.496 e. The minimum atomic E-state index is -0.476. The van der Waals surface area contributed by atoms with E-state index in [-0.39, 0.29) is 24.3 Å². The summed E-state index contributed by atoms with van der Waals surface area (Å²) >= 11 is 6.00. The van der Waals surface area contributed by atoms with Crippen LogP contribution in [-0.4, -0.2) is 36.4 Å². The predicted molar refractivity (Wildman–Crippen MR) is 80.2 cm³/mol. The zero-order chi connectivity index (χ0) is 15.6. The maximum absolute atomic E-state index is 12.4. The standard InChI is InChI=1S/C15H19ClN2O3/c1-9(2)14-15(20)18(8-13(19)17-14)7-10-6-11(16)4-5-12(10)21-3/h4-6,9,14H,7-8H2,1-3H3,(H,17,19). The third kappa shape index (κ3) is 3.47. The van der Waals surface area contributed by atoms with Gasteiger partial charge in [-0.25, -0.2) is 0 Å². The van der Waals surface area contributed by atoms with Crippen molar-refractivity contribution in [3.63, 3.8) is 0 Å². The van der Waals surface area contributed by atoms with Gasteiger partial charge in [-0.2, -0.15) is 0 Å². The van der Waals surface area contributed by atoms with E-state index in [9.17, 15) is 9.59 Å². The van der Waals surface area contributed by atoms with Crippen LogP contribution < -0.4 is 10.1 Å². The van der Waals surface area contributed by atoms with Gasteiger partial charge in [0.15, 0.2) is 0 Å². The van der Waals surface area contributed by atoms with Gasteiger partial charge in [-0.15, -0.1) is 0 Å². The number of carbonyl (C=O) groups is 2. The molecule has 21 heavy (non-hydrogen) atoms. The van der Waals surface area contributed by atoms with Crippen molar-refractivity contribution in [3.05, 3.63) is 28.8 Å². The number of benzene rings is 1. The summed E-state index contributed by atoms with van der Waals surface area (Å²) in [5.74, 6) is 0.478. The monoisotopic (exact) mass is 310 g/mol. The van der Waals surface area contributed by atoms with Gasteiger partial charge < -0.3 is 15.0 Å². The van der Waals surface area contributed by atoms with E-state index in [2.05, 4.69) is 5.32 Å². The average molecular weight is 311 g/mol. The molecule has 2 rings (SSSR count). The van der Waals surface area contributed by atoms with Gasteiger partial charge in [-0.1, -0.05) is 25.4 Å². The maximum Gasteiger partial charge on any atom is 0.246 e. The lowest BCUT2D eigenvalue weighted by Gasteiger charge is -2.34. The summed E-state index contributed by atoms with van der Waals surface area (Å²) in [5.41, 5.74) is 0.788. The van der Waals surface area contributed by atoms with Crippen molar-refractivity contribution < 1.29 is 14.3 Å². The molecule has 2 amide bonds. The number of halogens is 1. The Kier molecular flexibility index (Phi) is 4.73. The Hall–Kier alpha value is -1.75. The lowest BCUT2D eigenvalue weighted by molar-refractivity contribution is -0.146. The molecule has 1 atom stereocenters. The third-order valence-corrected chi connectivity index (χ3v) is 3.73. The van der Waals surface area contributed by atoms with Crippen LogP contribution in [0.15, 0.2) is 18.2 Å². The normalized spacial score (nSPS) is 18.9. The topological polar surface area (TPSA) is 58.6 Å². The number of methoxy groups -OCH3 is 1. The van der Waals surface area contributed by atoms with Gasteiger partial charge in [0.05, 0.1) is 13.7 Å². The van der Waals surface area contributed by atoms with Crippen molar-refractivity contribution in [2.75, 3.05) is 13.7 Å². The molecule has 6 heteroatoms. The van der Waals surface area contributed by atoms with Crippen LogP contribution in [0.2, 0.25) is 5.02 Å². The Labute approximate surface area is 129 Å². The van der Waals surface area contributed by atoms with Crippen LogP contribution in [0, 0.1) is 5.92 Å². The fourth-order valence-corrected chi connectivity index (χ4v) is 2.59. The molecule has 1 heterocycles. The van der Waals surface area contributed by atoms with Crippen LogP contribution >= 0.6 is 11.6 Å². The summed E-state index contributed by atoms with van der Waals surface area (Å²) in [7, 11) is 1.56. The number of hydrogen-bond donors (Lipinski definition) is 1. The quantitative estimate of drug-likeness (QED) is 0.923. The molecule has 0 bridgehead atoms. The van der Waals surface area contributed by atoms with Gasteiger partial charge in [-0.3, -0.25) is 9.59 Å². The molecule has 1 aromatic rings. The highest BCUT2D eigenvalue weighted by Crippen LogP contribution is 2.25. The molecule has 1 aliphatic rings. The first-order chi connectivity index (χ1) is 9.92. The van der Waals surface area contributed by atoms with Crippen molar-refractivity contribution in [1.82, 2.24) is 10.2 Å². The first-order valence-electron chi connectivity index (χ1n) is 6.83. The van der Waals surface area contributed by atoms with Crippen molar-refractivity contribution >= 4 is 23.4 Å². The van der Waals surface area contributed by atoms with Crippen molar-refractivity contribution in [2.24, 2.45) is 5.92 Å². The minimum absolute atomic E-state index is 0.0468. The maximum atomic E-state index is 12.4. The van der Waals surface area contributed by atoms with Crippen LogP contribution in [-0.2, 0) is 16.1 Å². The van der Waals surface area contributed by atoms with Crippen LogP contribution in [0.25, 0.3) is 0 Å². The van der Waals surface area contributed by atoms with Crippen molar-refractivity contribution in [1.29, 1.82) is 0 Å². The van der Waals surface area contributed by atoms with Gasteiger partial charge >= 0.3 is 0 Å². The first-order valence-corrected chi connectivity index (χ1v) is 7.20. The molecule has 1 N–H and O–H groups in total. The molecule has 1 aromatic carbocycles. The second-order valence-corrected chi connectivity index (χ2v) is 5.88. The Bertz CT molecular complexity index is 560. The molecule has 1 aliphatic heterocycles. The van der Waals surface area contributed by atoms with E-state index < -0.39 is 6.04 Å². The number of nitrogens with zero attached hydrogens (tertiary/aromatic N) is 1. The summed E-state index contributed by atoms with van der Waals surface area (Å²) in [4.78, 5) is 25.8. The first kappa shape index (κ1) is 15.6. The number of carbonyl (C=O) groups excluding carboxylic acids is 2. The molecular weight excluding hydrogens is 292 g/mol. The Morgan fingerprint density at radius 3 is 2.76 bits per heavy atom. The molecule has 1 saturated heterocycles. The van der Waals surface area contributed by atoms with E-state index in [4.69, 9.17) is 16.3 Å². The zero-order valence-corrected chi connectivity index (χ0v) is 13.1. The molecule has 0 radical (unpaired) electrons. The average Bonchev–Trinajstić information content (AvgIpc) is 2.42.